The summed E-state index contributed by atoms with van der Waals surface area (Å²) in [6, 6.07) is 9.22. The smallest absolute Gasteiger partial charge is 0.226 e. The van der Waals surface area contributed by atoms with Gasteiger partial charge in [-0.05, 0) is 31.5 Å². The van der Waals surface area contributed by atoms with Crippen molar-refractivity contribution in [1.29, 1.82) is 0 Å². The number of carbonyl (C=O) groups excluding carboxylic acids is 2. The maximum atomic E-state index is 12.0. The first-order valence-corrected chi connectivity index (χ1v) is 7.03. The molecule has 0 unspecified atom stereocenters. The van der Waals surface area contributed by atoms with Crippen LogP contribution in [0.5, 0.6) is 0 Å². The van der Waals surface area contributed by atoms with Crippen LogP contribution in [0.25, 0.3) is 0 Å². The zero-order valence-corrected chi connectivity index (χ0v) is 12.9. The maximum Gasteiger partial charge on any atom is 0.226 e. The molecule has 116 valence electrons. The fraction of sp³-hybridized carbons (Fsp3) is 0.312. The summed E-state index contributed by atoms with van der Waals surface area (Å²) in [4.78, 5) is 25.1. The Morgan fingerprint density at radius 2 is 2.05 bits per heavy atom. The average Bonchev–Trinajstić information content (AvgIpc) is 2.85. The number of aromatic nitrogens is 1. The van der Waals surface area contributed by atoms with Gasteiger partial charge in [0.05, 0.1) is 0 Å². The fourth-order valence-corrected chi connectivity index (χ4v) is 2.07. The van der Waals surface area contributed by atoms with Gasteiger partial charge in [0.2, 0.25) is 11.8 Å². The van der Waals surface area contributed by atoms with E-state index < -0.39 is 0 Å². The van der Waals surface area contributed by atoms with E-state index >= 15 is 0 Å². The van der Waals surface area contributed by atoms with Crippen molar-refractivity contribution in [3.8, 4) is 0 Å². The zero-order chi connectivity index (χ0) is 16.1. The van der Waals surface area contributed by atoms with E-state index in [0.717, 1.165) is 11.3 Å². The molecule has 2 rings (SSSR count). The largest absolute Gasteiger partial charge is 0.360 e. The molecule has 0 saturated carbocycles. The highest BCUT2D eigenvalue weighted by atomic mass is 16.5. The van der Waals surface area contributed by atoms with Crippen LogP contribution in [0.15, 0.2) is 34.9 Å². The van der Waals surface area contributed by atoms with Gasteiger partial charge >= 0.3 is 0 Å². The molecule has 0 radical (unpaired) electrons. The van der Waals surface area contributed by atoms with Crippen molar-refractivity contribution in [2.45, 2.75) is 27.2 Å². The van der Waals surface area contributed by atoms with Gasteiger partial charge < -0.3 is 9.84 Å². The van der Waals surface area contributed by atoms with E-state index in [1.807, 2.05) is 31.2 Å². The van der Waals surface area contributed by atoms with Gasteiger partial charge in [-0.25, -0.2) is 0 Å². The van der Waals surface area contributed by atoms with Crippen molar-refractivity contribution in [3.63, 3.8) is 0 Å². The summed E-state index contributed by atoms with van der Waals surface area (Å²) >= 11 is 0. The maximum absolute atomic E-state index is 12.0. The van der Waals surface area contributed by atoms with Gasteiger partial charge in [-0.2, -0.15) is 0 Å². The van der Waals surface area contributed by atoms with Crippen LogP contribution < -0.4 is 10.2 Å². The molecule has 0 aliphatic carbocycles. The van der Waals surface area contributed by atoms with E-state index in [2.05, 4.69) is 10.5 Å². The molecule has 2 aromatic rings. The molecule has 6 heteroatoms. The Labute approximate surface area is 129 Å². The third-order valence-corrected chi connectivity index (χ3v) is 3.14. The lowest BCUT2D eigenvalue weighted by Crippen LogP contribution is -2.32. The third-order valence-electron chi connectivity index (χ3n) is 3.14. The molecule has 22 heavy (non-hydrogen) atoms. The second-order valence-corrected chi connectivity index (χ2v) is 5.13. The van der Waals surface area contributed by atoms with E-state index in [0.29, 0.717) is 11.6 Å². The molecule has 0 fully saturated rings. The van der Waals surface area contributed by atoms with Crippen LogP contribution in [-0.4, -0.2) is 23.5 Å². The summed E-state index contributed by atoms with van der Waals surface area (Å²) in [6.07, 6.45) is 0.180. The van der Waals surface area contributed by atoms with Crippen molar-refractivity contribution in [3.05, 3.63) is 41.7 Å². The third kappa shape index (κ3) is 4.18. The number of rotatable bonds is 5. The molecule has 0 atom stereocenters. The van der Waals surface area contributed by atoms with Gasteiger partial charge in [0, 0.05) is 31.6 Å². The lowest BCUT2D eigenvalue weighted by atomic mass is 10.2. The Balaban J connectivity index is 1.95. The standard InChI is InChI=1S/C16H19N3O3/c1-11-5-4-6-14(9-11)17-16(21)7-8-19(13(3)20)15-10-12(2)22-18-15/h4-6,9-10H,7-8H2,1-3H3,(H,17,21). The molecule has 6 nitrogen and oxygen atoms in total. The van der Waals surface area contributed by atoms with Gasteiger partial charge in [0.15, 0.2) is 5.82 Å². The predicted octanol–water partition coefficient (Wildman–Crippen LogP) is 2.67. The molecule has 0 aliphatic rings. The van der Waals surface area contributed by atoms with Crippen molar-refractivity contribution in [1.82, 2.24) is 5.16 Å². The van der Waals surface area contributed by atoms with E-state index in [9.17, 15) is 9.59 Å². The van der Waals surface area contributed by atoms with Crippen molar-refractivity contribution >= 4 is 23.3 Å². The molecular weight excluding hydrogens is 282 g/mol. The number of hydrogen-bond acceptors (Lipinski definition) is 4. The normalized spacial score (nSPS) is 10.3. The minimum atomic E-state index is -0.184. The van der Waals surface area contributed by atoms with Gasteiger partial charge in [-0.1, -0.05) is 17.3 Å². The molecule has 1 aromatic carbocycles. The molecule has 0 saturated heterocycles. The van der Waals surface area contributed by atoms with Gasteiger partial charge in [0.1, 0.15) is 5.76 Å². The SMILES string of the molecule is CC(=O)N(CCC(=O)Nc1cccc(C)c1)c1cc(C)on1. The predicted molar refractivity (Wildman–Crippen MR) is 83.7 cm³/mol. The number of hydrogen-bond donors (Lipinski definition) is 1. The Bertz CT molecular complexity index is 679. The van der Waals surface area contributed by atoms with Crippen LogP contribution in [0.2, 0.25) is 0 Å². The topological polar surface area (TPSA) is 75.4 Å². The van der Waals surface area contributed by atoms with Crippen molar-refractivity contribution < 1.29 is 14.1 Å². The first-order chi connectivity index (χ1) is 10.5. The summed E-state index contributed by atoms with van der Waals surface area (Å²) in [5.41, 5.74) is 1.82. The molecule has 0 spiro atoms. The number of aryl methyl sites for hydroxylation is 2. The quantitative estimate of drug-likeness (QED) is 0.921. The molecular formula is C16H19N3O3. The fourth-order valence-electron chi connectivity index (χ4n) is 2.07. The second-order valence-electron chi connectivity index (χ2n) is 5.13. The zero-order valence-electron chi connectivity index (χ0n) is 12.9. The summed E-state index contributed by atoms with van der Waals surface area (Å²) in [5, 5.41) is 6.62. The van der Waals surface area contributed by atoms with E-state index in [-0.39, 0.29) is 24.8 Å². The minimum absolute atomic E-state index is 0.155. The van der Waals surface area contributed by atoms with E-state index in [1.165, 1.54) is 11.8 Å². The Morgan fingerprint density at radius 3 is 2.64 bits per heavy atom. The molecule has 0 aliphatic heterocycles. The number of nitrogens with zero attached hydrogens (tertiary/aromatic N) is 2. The molecule has 1 aromatic heterocycles. The van der Waals surface area contributed by atoms with Crippen LogP contribution in [0, 0.1) is 13.8 Å². The van der Waals surface area contributed by atoms with Crippen LogP contribution in [0.4, 0.5) is 11.5 Å². The number of anilines is 2. The van der Waals surface area contributed by atoms with Crippen LogP contribution in [-0.2, 0) is 9.59 Å². The van der Waals surface area contributed by atoms with Gasteiger partial charge in [-0.3, -0.25) is 14.5 Å². The highest BCUT2D eigenvalue weighted by Crippen LogP contribution is 2.15. The van der Waals surface area contributed by atoms with Crippen LogP contribution in [0.1, 0.15) is 24.7 Å². The van der Waals surface area contributed by atoms with E-state index in [4.69, 9.17) is 4.52 Å². The van der Waals surface area contributed by atoms with Crippen molar-refractivity contribution in [2.75, 3.05) is 16.8 Å². The summed E-state index contributed by atoms with van der Waals surface area (Å²) in [6.45, 7) is 5.39. The van der Waals surface area contributed by atoms with Crippen LogP contribution >= 0.6 is 0 Å². The lowest BCUT2D eigenvalue weighted by molar-refractivity contribution is -0.117. The molecule has 1 heterocycles. The molecule has 2 amide bonds. The molecule has 0 bridgehead atoms. The monoisotopic (exact) mass is 301 g/mol. The van der Waals surface area contributed by atoms with Gasteiger partial charge in [-0.15, -0.1) is 0 Å². The number of benzene rings is 1. The molecule has 1 N–H and O–H groups in total. The summed E-state index contributed by atoms with van der Waals surface area (Å²) < 4.78 is 4.97. The highest BCUT2D eigenvalue weighted by molar-refractivity contribution is 5.94. The highest BCUT2D eigenvalue weighted by Gasteiger charge is 2.16. The van der Waals surface area contributed by atoms with Gasteiger partial charge in [0.25, 0.3) is 0 Å². The Morgan fingerprint density at radius 1 is 1.27 bits per heavy atom. The first-order valence-electron chi connectivity index (χ1n) is 7.03. The summed E-state index contributed by atoms with van der Waals surface area (Å²) in [7, 11) is 0. The Kier molecular flexibility index (Phi) is 4.93. The Hall–Kier alpha value is -2.63. The number of nitrogens with one attached hydrogen (secondary N) is 1. The lowest BCUT2D eigenvalue weighted by Gasteiger charge is -2.17. The van der Waals surface area contributed by atoms with Crippen molar-refractivity contribution in [2.24, 2.45) is 0 Å². The second kappa shape index (κ2) is 6.89. The number of carbonyl (C=O) groups is 2. The van der Waals surface area contributed by atoms with Crippen LogP contribution in [0.3, 0.4) is 0 Å². The van der Waals surface area contributed by atoms with E-state index in [1.54, 1.807) is 13.0 Å². The first kappa shape index (κ1) is 15.8. The average molecular weight is 301 g/mol. The number of amides is 2. The minimum Gasteiger partial charge on any atom is -0.360 e. The summed E-state index contributed by atoms with van der Waals surface area (Å²) in [5.74, 6) is 0.701.